The van der Waals surface area contributed by atoms with Gasteiger partial charge in [-0.25, -0.2) is 4.98 Å². The van der Waals surface area contributed by atoms with E-state index in [1.54, 1.807) is 0 Å². The SMILES string of the molecule is CC(C)NC(=O)Cc1cc2cc(OCCCCl)ccc2nc1-c1cccc(Cl)c1. The number of ether oxygens (including phenoxy) is 1. The highest BCUT2D eigenvalue weighted by molar-refractivity contribution is 6.30. The van der Waals surface area contributed by atoms with Crippen LogP contribution in [0.2, 0.25) is 5.02 Å². The summed E-state index contributed by atoms with van der Waals surface area (Å²) in [6, 6.07) is 15.4. The molecule has 152 valence electrons. The van der Waals surface area contributed by atoms with Crippen LogP contribution in [0.15, 0.2) is 48.5 Å². The van der Waals surface area contributed by atoms with Gasteiger partial charge < -0.3 is 10.1 Å². The molecule has 4 nitrogen and oxygen atoms in total. The molecule has 1 amide bonds. The standard InChI is InChI=1S/C23H24Cl2N2O2/c1-15(2)26-22(28)14-18-11-17-13-20(29-10-4-9-24)7-8-21(17)27-23(18)16-5-3-6-19(25)12-16/h3,5-8,11-13,15H,4,9-10,14H2,1-2H3,(H,26,28). The first-order valence-corrected chi connectivity index (χ1v) is 10.6. The Morgan fingerprint density at radius 2 is 2.00 bits per heavy atom. The molecule has 2 aromatic carbocycles. The van der Waals surface area contributed by atoms with E-state index in [0.29, 0.717) is 17.5 Å². The first-order valence-electron chi connectivity index (χ1n) is 9.64. The summed E-state index contributed by atoms with van der Waals surface area (Å²) in [5, 5.41) is 4.50. The minimum absolute atomic E-state index is 0.0426. The number of hydrogen-bond acceptors (Lipinski definition) is 3. The third-order valence-electron chi connectivity index (χ3n) is 4.31. The Labute approximate surface area is 181 Å². The second-order valence-corrected chi connectivity index (χ2v) is 7.97. The fraction of sp³-hybridized carbons (Fsp3) is 0.304. The van der Waals surface area contributed by atoms with Gasteiger partial charge in [0.05, 0.1) is 24.2 Å². The lowest BCUT2D eigenvalue weighted by Gasteiger charge is -2.14. The number of hydrogen-bond donors (Lipinski definition) is 1. The first-order chi connectivity index (χ1) is 14.0. The summed E-state index contributed by atoms with van der Waals surface area (Å²) in [4.78, 5) is 17.3. The minimum Gasteiger partial charge on any atom is -0.494 e. The molecule has 0 radical (unpaired) electrons. The number of pyridine rings is 1. The van der Waals surface area contributed by atoms with Crippen LogP contribution in [0.25, 0.3) is 22.2 Å². The molecule has 0 aliphatic carbocycles. The Kier molecular flexibility index (Phi) is 7.34. The number of aromatic nitrogens is 1. The van der Waals surface area contributed by atoms with Crippen molar-refractivity contribution in [2.75, 3.05) is 12.5 Å². The van der Waals surface area contributed by atoms with Gasteiger partial charge in [0.2, 0.25) is 5.91 Å². The van der Waals surface area contributed by atoms with E-state index in [9.17, 15) is 4.79 Å². The van der Waals surface area contributed by atoms with E-state index in [1.807, 2.05) is 62.4 Å². The molecule has 6 heteroatoms. The van der Waals surface area contributed by atoms with Crippen molar-refractivity contribution >= 4 is 40.0 Å². The Hall–Kier alpha value is -2.30. The number of carbonyl (C=O) groups is 1. The van der Waals surface area contributed by atoms with Crippen LogP contribution in [0.1, 0.15) is 25.8 Å². The van der Waals surface area contributed by atoms with E-state index < -0.39 is 0 Å². The zero-order chi connectivity index (χ0) is 20.8. The predicted molar refractivity (Wildman–Crippen MR) is 120 cm³/mol. The van der Waals surface area contributed by atoms with Crippen molar-refractivity contribution in [1.29, 1.82) is 0 Å². The topological polar surface area (TPSA) is 51.2 Å². The van der Waals surface area contributed by atoms with E-state index in [1.165, 1.54) is 0 Å². The number of fused-ring (bicyclic) bond motifs is 1. The molecule has 0 saturated carbocycles. The number of rotatable bonds is 8. The molecule has 1 heterocycles. The molecular weight excluding hydrogens is 407 g/mol. The quantitative estimate of drug-likeness (QED) is 0.372. The van der Waals surface area contributed by atoms with Crippen LogP contribution in [-0.2, 0) is 11.2 Å². The monoisotopic (exact) mass is 430 g/mol. The normalized spacial score (nSPS) is 11.1. The van der Waals surface area contributed by atoms with Gasteiger partial charge in [0.15, 0.2) is 0 Å². The smallest absolute Gasteiger partial charge is 0.224 e. The maximum absolute atomic E-state index is 12.4. The van der Waals surface area contributed by atoms with Crippen LogP contribution in [-0.4, -0.2) is 29.4 Å². The molecular formula is C23H24Cl2N2O2. The lowest BCUT2D eigenvalue weighted by molar-refractivity contribution is -0.120. The van der Waals surface area contributed by atoms with Gasteiger partial charge in [-0.15, -0.1) is 11.6 Å². The lowest BCUT2D eigenvalue weighted by atomic mass is 10.0. The summed E-state index contributed by atoms with van der Waals surface area (Å²) < 4.78 is 5.75. The van der Waals surface area contributed by atoms with Gasteiger partial charge in [0.25, 0.3) is 0 Å². The van der Waals surface area contributed by atoms with E-state index in [-0.39, 0.29) is 18.4 Å². The Morgan fingerprint density at radius 3 is 2.72 bits per heavy atom. The van der Waals surface area contributed by atoms with Crippen LogP contribution >= 0.6 is 23.2 Å². The number of halogens is 2. The van der Waals surface area contributed by atoms with Crippen molar-refractivity contribution < 1.29 is 9.53 Å². The molecule has 3 rings (SSSR count). The number of alkyl halides is 1. The van der Waals surface area contributed by atoms with Gasteiger partial charge in [-0.3, -0.25) is 4.79 Å². The second-order valence-electron chi connectivity index (χ2n) is 7.15. The van der Waals surface area contributed by atoms with Gasteiger partial charge >= 0.3 is 0 Å². The van der Waals surface area contributed by atoms with Crippen LogP contribution in [0.4, 0.5) is 0 Å². The van der Waals surface area contributed by atoms with Crippen LogP contribution in [0.5, 0.6) is 5.75 Å². The number of nitrogens with zero attached hydrogens (tertiary/aromatic N) is 1. The molecule has 0 spiro atoms. The summed E-state index contributed by atoms with van der Waals surface area (Å²) in [6.07, 6.45) is 1.02. The van der Waals surface area contributed by atoms with Crippen molar-refractivity contribution in [3.05, 3.63) is 59.1 Å². The molecule has 29 heavy (non-hydrogen) atoms. The van der Waals surface area contributed by atoms with Crippen LogP contribution < -0.4 is 10.1 Å². The first kappa shape index (κ1) is 21.4. The number of carbonyl (C=O) groups excluding carboxylic acids is 1. The summed E-state index contributed by atoms with van der Waals surface area (Å²) in [5.41, 5.74) is 3.32. The molecule has 0 unspecified atom stereocenters. The van der Waals surface area contributed by atoms with Crippen molar-refractivity contribution in [3.63, 3.8) is 0 Å². The Morgan fingerprint density at radius 1 is 1.17 bits per heavy atom. The second kappa shape index (κ2) is 9.95. The van der Waals surface area contributed by atoms with Gasteiger partial charge in [-0.2, -0.15) is 0 Å². The maximum atomic E-state index is 12.4. The average molecular weight is 431 g/mol. The fourth-order valence-corrected chi connectivity index (χ4v) is 3.40. The average Bonchev–Trinajstić information content (AvgIpc) is 2.67. The van der Waals surface area contributed by atoms with Crippen molar-refractivity contribution in [2.45, 2.75) is 32.7 Å². The number of amides is 1. The number of benzene rings is 2. The van der Waals surface area contributed by atoms with Crippen molar-refractivity contribution in [1.82, 2.24) is 10.3 Å². The third kappa shape index (κ3) is 5.84. The van der Waals surface area contributed by atoms with Crippen LogP contribution in [0.3, 0.4) is 0 Å². The summed E-state index contributed by atoms with van der Waals surface area (Å²) in [7, 11) is 0. The molecule has 0 bridgehead atoms. The minimum atomic E-state index is -0.0426. The molecule has 0 atom stereocenters. The van der Waals surface area contributed by atoms with Crippen molar-refractivity contribution in [2.24, 2.45) is 0 Å². The molecule has 1 aromatic heterocycles. The Balaban J connectivity index is 2.03. The largest absolute Gasteiger partial charge is 0.494 e. The predicted octanol–water partition coefficient (Wildman–Crippen LogP) is 5.63. The molecule has 0 aliphatic heterocycles. The summed E-state index contributed by atoms with van der Waals surface area (Å²) >= 11 is 11.9. The zero-order valence-corrected chi connectivity index (χ0v) is 18.1. The summed E-state index contributed by atoms with van der Waals surface area (Å²) in [6.45, 7) is 4.45. The van der Waals surface area contributed by atoms with E-state index in [0.717, 1.165) is 39.9 Å². The summed E-state index contributed by atoms with van der Waals surface area (Å²) in [5.74, 6) is 1.28. The van der Waals surface area contributed by atoms with Gasteiger partial charge in [0, 0.05) is 27.9 Å². The van der Waals surface area contributed by atoms with Gasteiger partial charge in [-0.1, -0.05) is 23.7 Å². The highest BCUT2D eigenvalue weighted by atomic mass is 35.5. The molecule has 0 saturated heterocycles. The fourth-order valence-electron chi connectivity index (χ4n) is 3.10. The zero-order valence-electron chi connectivity index (χ0n) is 16.5. The number of nitrogens with one attached hydrogen (secondary N) is 1. The van der Waals surface area contributed by atoms with Crippen LogP contribution in [0, 0.1) is 0 Å². The molecule has 3 aromatic rings. The lowest BCUT2D eigenvalue weighted by Crippen LogP contribution is -2.31. The van der Waals surface area contributed by atoms with Gasteiger partial charge in [0.1, 0.15) is 5.75 Å². The highest BCUT2D eigenvalue weighted by Gasteiger charge is 2.14. The maximum Gasteiger partial charge on any atom is 0.224 e. The van der Waals surface area contributed by atoms with Crippen molar-refractivity contribution in [3.8, 4) is 17.0 Å². The molecule has 1 N–H and O–H groups in total. The Bertz CT molecular complexity index is 1010. The highest BCUT2D eigenvalue weighted by Crippen LogP contribution is 2.29. The van der Waals surface area contributed by atoms with E-state index >= 15 is 0 Å². The van der Waals surface area contributed by atoms with Gasteiger partial charge in [-0.05, 0) is 62.2 Å². The van der Waals surface area contributed by atoms with E-state index in [4.69, 9.17) is 32.9 Å². The molecule has 0 fully saturated rings. The molecule has 0 aliphatic rings. The third-order valence-corrected chi connectivity index (χ3v) is 4.81. The van der Waals surface area contributed by atoms with E-state index in [2.05, 4.69) is 5.32 Å².